The zero-order chi connectivity index (χ0) is 24.3. The van der Waals surface area contributed by atoms with Crippen LogP contribution in [0.25, 0.3) is 5.69 Å². The minimum atomic E-state index is -4.57. The summed E-state index contributed by atoms with van der Waals surface area (Å²) >= 11 is 12.4. The van der Waals surface area contributed by atoms with E-state index in [-0.39, 0.29) is 5.69 Å². The first-order valence-corrected chi connectivity index (χ1v) is 10.2. The summed E-state index contributed by atoms with van der Waals surface area (Å²) in [4.78, 5) is 24.0. The molecule has 0 aliphatic heterocycles. The van der Waals surface area contributed by atoms with Crippen LogP contribution in [0.15, 0.2) is 53.6 Å². The molecule has 0 bridgehead atoms. The Hall–Kier alpha value is -3.30. The number of amides is 2. The molecule has 3 rings (SSSR count). The monoisotopic (exact) mass is 496 g/mol. The Bertz CT molecular complexity index is 1250. The lowest BCUT2D eigenvalue weighted by molar-refractivity contribution is -0.137. The molecule has 0 unspecified atom stereocenters. The molecular weight excluding hydrogens is 480 g/mol. The van der Waals surface area contributed by atoms with Gasteiger partial charge in [-0.1, -0.05) is 35.3 Å². The Balaban J connectivity index is 1.70. The van der Waals surface area contributed by atoms with E-state index in [4.69, 9.17) is 23.2 Å². The number of benzene rings is 2. The number of carbonyl (C=O) groups is 2. The summed E-state index contributed by atoms with van der Waals surface area (Å²) in [5.74, 6) is -2.31. The van der Waals surface area contributed by atoms with E-state index in [0.29, 0.717) is 21.3 Å². The van der Waals surface area contributed by atoms with Gasteiger partial charge >= 0.3 is 18.0 Å². The van der Waals surface area contributed by atoms with E-state index in [2.05, 4.69) is 15.8 Å². The molecule has 0 aliphatic carbocycles. The predicted molar refractivity (Wildman–Crippen MR) is 121 cm³/mol. The van der Waals surface area contributed by atoms with Crippen molar-refractivity contribution in [2.45, 2.75) is 20.0 Å². The van der Waals surface area contributed by atoms with Crippen molar-refractivity contribution < 1.29 is 22.8 Å². The molecule has 172 valence electrons. The van der Waals surface area contributed by atoms with Gasteiger partial charge in [-0.05, 0) is 50.2 Å². The second-order valence-corrected chi connectivity index (χ2v) is 7.75. The van der Waals surface area contributed by atoms with Crippen LogP contribution in [0.5, 0.6) is 0 Å². The number of anilines is 1. The normalized spacial score (nSPS) is 11.6. The summed E-state index contributed by atoms with van der Waals surface area (Å²) in [5.41, 5.74) is 3.82. The molecular formula is C22H17Cl2F3N4O2. The van der Waals surface area contributed by atoms with E-state index in [1.54, 1.807) is 24.3 Å². The molecule has 0 fully saturated rings. The van der Waals surface area contributed by atoms with Gasteiger partial charge in [0.2, 0.25) is 0 Å². The van der Waals surface area contributed by atoms with Gasteiger partial charge in [0.15, 0.2) is 0 Å². The molecule has 3 aromatic rings. The quantitative estimate of drug-likeness (QED) is 0.284. The molecule has 0 spiro atoms. The second kappa shape index (κ2) is 9.68. The van der Waals surface area contributed by atoms with Crippen molar-refractivity contribution in [3.8, 4) is 5.69 Å². The Morgan fingerprint density at radius 3 is 2.42 bits per heavy atom. The minimum absolute atomic E-state index is 0.170. The third-order valence-electron chi connectivity index (χ3n) is 4.67. The van der Waals surface area contributed by atoms with E-state index in [1.807, 2.05) is 18.4 Å². The van der Waals surface area contributed by atoms with Gasteiger partial charge in [0, 0.05) is 22.6 Å². The van der Waals surface area contributed by atoms with Gasteiger partial charge in [-0.15, -0.1) is 0 Å². The van der Waals surface area contributed by atoms with E-state index in [1.165, 1.54) is 12.3 Å². The molecule has 1 aromatic heterocycles. The van der Waals surface area contributed by atoms with Crippen LogP contribution in [0.1, 0.15) is 22.5 Å². The van der Waals surface area contributed by atoms with E-state index in [0.717, 1.165) is 29.6 Å². The van der Waals surface area contributed by atoms with Crippen LogP contribution >= 0.6 is 23.2 Å². The standard InChI is InChI=1S/C22H17Cl2F3N4O2/c1-12-9-14(13(2)31(12)18-8-4-7-17(23)19(18)24)11-28-30-21(33)20(32)29-16-6-3-5-15(10-16)22(25,26)27/h3-11H,1-2H3,(H,29,32)(H,30,33)/b28-11-. The maximum Gasteiger partial charge on any atom is 0.416 e. The molecule has 0 atom stereocenters. The van der Waals surface area contributed by atoms with Gasteiger partial charge in [-0.25, -0.2) is 5.43 Å². The lowest BCUT2D eigenvalue weighted by atomic mass is 10.2. The summed E-state index contributed by atoms with van der Waals surface area (Å²) in [6.45, 7) is 3.66. The predicted octanol–water partition coefficient (Wildman–Crippen LogP) is 5.51. The molecule has 0 saturated heterocycles. The molecule has 2 N–H and O–H groups in total. The van der Waals surface area contributed by atoms with Crippen LogP contribution in [-0.2, 0) is 15.8 Å². The molecule has 0 aliphatic rings. The van der Waals surface area contributed by atoms with E-state index < -0.39 is 23.6 Å². The first kappa shape index (κ1) is 24.3. The van der Waals surface area contributed by atoms with Crippen LogP contribution in [0.3, 0.4) is 0 Å². The molecule has 11 heteroatoms. The maximum absolute atomic E-state index is 12.8. The number of hydrogen-bond acceptors (Lipinski definition) is 3. The van der Waals surface area contributed by atoms with Gasteiger partial charge in [0.05, 0.1) is 27.5 Å². The third-order valence-corrected chi connectivity index (χ3v) is 5.48. The third kappa shape index (κ3) is 5.55. The molecule has 2 aromatic carbocycles. The average molecular weight is 497 g/mol. The number of aryl methyl sites for hydroxylation is 1. The largest absolute Gasteiger partial charge is 0.416 e. The van der Waals surface area contributed by atoms with Crippen molar-refractivity contribution in [2.75, 3.05) is 5.32 Å². The Morgan fingerprint density at radius 2 is 1.73 bits per heavy atom. The fourth-order valence-corrected chi connectivity index (χ4v) is 3.51. The molecule has 0 radical (unpaired) electrons. The van der Waals surface area contributed by atoms with Crippen molar-refractivity contribution in [2.24, 2.45) is 5.10 Å². The number of halogens is 5. The van der Waals surface area contributed by atoms with Crippen LogP contribution in [0.2, 0.25) is 10.0 Å². The SMILES string of the molecule is Cc1cc(/C=N\NC(=O)C(=O)Nc2cccc(C(F)(F)F)c2)c(C)n1-c1cccc(Cl)c1Cl. The Kier molecular flexibility index (Phi) is 7.14. The summed E-state index contributed by atoms with van der Waals surface area (Å²) in [5, 5.41) is 6.65. The van der Waals surface area contributed by atoms with Gasteiger partial charge in [0.25, 0.3) is 0 Å². The van der Waals surface area contributed by atoms with Gasteiger partial charge < -0.3 is 9.88 Å². The highest BCUT2D eigenvalue weighted by Crippen LogP contribution is 2.32. The van der Waals surface area contributed by atoms with E-state index in [9.17, 15) is 22.8 Å². The fraction of sp³-hybridized carbons (Fsp3) is 0.136. The minimum Gasteiger partial charge on any atom is -0.318 e. The Morgan fingerprint density at radius 1 is 1.03 bits per heavy atom. The smallest absolute Gasteiger partial charge is 0.318 e. The molecule has 2 amide bonds. The number of rotatable bonds is 4. The van der Waals surface area contributed by atoms with E-state index >= 15 is 0 Å². The van der Waals surface area contributed by atoms with Crippen LogP contribution < -0.4 is 10.7 Å². The second-order valence-electron chi connectivity index (χ2n) is 6.97. The summed E-state index contributed by atoms with van der Waals surface area (Å²) in [7, 11) is 0. The number of hydrogen-bond donors (Lipinski definition) is 2. The lowest BCUT2D eigenvalue weighted by Gasteiger charge is -2.12. The average Bonchev–Trinajstić information content (AvgIpc) is 3.02. The van der Waals surface area contributed by atoms with Gasteiger partial charge in [-0.3, -0.25) is 9.59 Å². The zero-order valence-electron chi connectivity index (χ0n) is 17.3. The zero-order valence-corrected chi connectivity index (χ0v) is 18.8. The summed E-state index contributed by atoms with van der Waals surface area (Å²) < 4.78 is 40.2. The Labute approximate surface area is 197 Å². The molecule has 0 saturated carbocycles. The highest BCUT2D eigenvalue weighted by atomic mass is 35.5. The number of alkyl halides is 3. The van der Waals surface area contributed by atoms with Crippen molar-refractivity contribution >= 4 is 46.9 Å². The number of nitrogens with zero attached hydrogens (tertiary/aromatic N) is 2. The van der Waals surface area contributed by atoms with Crippen LogP contribution in [0, 0.1) is 13.8 Å². The molecule has 6 nitrogen and oxygen atoms in total. The fourth-order valence-electron chi connectivity index (χ4n) is 3.13. The van der Waals surface area contributed by atoms with Crippen LogP contribution in [0.4, 0.5) is 18.9 Å². The lowest BCUT2D eigenvalue weighted by Crippen LogP contribution is -2.32. The highest BCUT2D eigenvalue weighted by Gasteiger charge is 2.30. The molecule has 33 heavy (non-hydrogen) atoms. The van der Waals surface area contributed by atoms with Crippen LogP contribution in [-0.4, -0.2) is 22.6 Å². The first-order valence-electron chi connectivity index (χ1n) is 9.44. The first-order chi connectivity index (χ1) is 15.5. The number of aromatic nitrogens is 1. The van der Waals surface area contributed by atoms with Crippen molar-refractivity contribution in [1.29, 1.82) is 0 Å². The van der Waals surface area contributed by atoms with Gasteiger partial charge in [0.1, 0.15) is 0 Å². The topological polar surface area (TPSA) is 75.5 Å². The van der Waals surface area contributed by atoms with Crippen molar-refractivity contribution in [1.82, 2.24) is 9.99 Å². The van der Waals surface area contributed by atoms with Crippen molar-refractivity contribution in [3.05, 3.63) is 81.1 Å². The van der Waals surface area contributed by atoms with Gasteiger partial charge in [-0.2, -0.15) is 18.3 Å². The summed E-state index contributed by atoms with van der Waals surface area (Å²) in [6.07, 6.45) is -3.23. The highest BCUT2D eigenvalue weighted by molar-refractivity contribution is 6.43. The van der Waals surface area contributed by atoms with Crippen molar-refractivity contribution in [3.63, 3.8) is 0 Å². The molecule has 1 heterocycles. The number of nitrogens with one attached hydrogen (secondary N) is 2. The number of carbonyl (C=O) groups excluding carboxylic acids is 2. The number of hydrazone groups is 1. The summed E-state index contributed by atoms with van der Waals surface area (Å²) in [6, 6.07) is 11.0. The maximum atomic E-state index is 12.8.